The number of nitriles is 1. The minimum atomic E-state index is -0.721. The van der Waals surface area contributed by atoms with Gasteiger partial charge in [0.25, 0.3) is 0 Å². The van der Waals surface area contributed by atoms with Crippen LogP contribution in [0.2, 0.25) is 0 Å². The Hall–Kier alpha value is -2.35. The van der Waals surface area contributed by atoms with Crippen LogP contribution in [-0.4, -0.2) is 17.1 Å². The lowest BCUT2D eigenvalue weighted by molar-refractivity contribution is -0.145. The highest BCUT2D eigenvalue weighted by atomic mass is 16.5. The fourth-order valence-corrected chi connectivity index (χ4v) is 1.52. The van der Waals surface area contributed by atoms with E-state index in [0.29, 0.717) is 17.9 Å². The molecule has 1 aromatic heterocycles. The van der Waals surface area contributed by atoms with Crippen LogP contribution in [0.15, 0.2) is 28.7 Å². The van der Waals surface area contributed by atoms with Crippen LogP contribution in [0.4, 0.5) is 0 Å². The van der Waals surface area contributed by atoms with E-state index in [1.165, 1.54) is 6.92 Å². The van der Waals surface area contributed by atoms with Gasteiger partial charge in [-0.1, -0.05) is 12.1 Å². The van der Waals surface area contributed by atoms with Crippen LogP contribution in [-0.2, 0) is 16.0 Å². The molecule has 2 rings (SSSR count). The van der Waals surface area contributed by atoms with Crippen molar-refractivity contribution in [2.75, 3.05) is 0 Å². The zero-order valence-electron chi connectivity index (χ0n) is 9.92. The van der Waals surface area contributed by atoms with Crippen molar-refractivity contribution in [3.8, 4) is 6.07 Å². The summed E-state index contributed by atoms with van der Waals surface area (Å²) in [6.45, 7) is 1.53. The minimum absolute atomic E-state index is 0.152. The third-order valence-corrected chi connectivity index (χ3v) is 2.37. The summed E-state index contributed by atoms with van der Waals surface area (Å²) >= 11 is 0. The van der Waals surface area contributed by atoms with Gasteiger partial charge < -0.3 is 9.15 Å². The van der Waals surface area contributed by atoms with E-state index in [4.69, 9.17) is 14.4 Å². The first-order chi connectivity index (χ1) is 8.69. The standard InChI is InChI=1S/C13H12N2O3/c1-9(8-14)17-13(16)7-6-12-15-10-4-2-3-5-11(10)18-12/h2-5,9H,6-7H2,1H3/t9-/m1/s1. The Morgan fingerprint density at radius 3 is 3.06 bits per heavy atom. The van der Waals surface area contributed by atoms with Gasteiger partial charge in [-0.05, 0) is 19.1 Å². The summed E-state index contributed by atoms with van der Waals surface area (Å²) in [4.78, 5) is 15.6. The molecule has 18 heavy (non-hydrogen) atoms. The summed E-state index contributed by atoms with van der Waals surface area (Å²) in [5.74, 6) is 0.0732. The van der Waals surface area contributed by atoms with Crippen molar-refractivity contribution in [3.05, 3.63) is 30.2 Å². The van der Waals surface area contributed by atoms with E-state index in [9.17, 15) is 4.79 Å². The maximum Gasteiger partial charge on any atom is 0.307 e. The normalized spacial score (nSPS) is 12.0. The molecule has 0 radical (unpaired) electrons. The van der Waals surface area contributed by atoms with Crippen molar-refractivity contribution in [2.45, 2.75) is 25.9 Å². The summed E-state index contributed by atoms with van der Waals surface area (Å²) in [5.41, 5.74) is 1.47. The average Bonchev–Trinajstić information content (AvgIpc) is 2.79. The summed E-state index contributed by atoms with van der Waals surface area (Å²) in [5, 5.41) is 8.51. The van der Waals surface area contributed by atoms with Gasteiger partial charge in [0, 0.05) is 6.42 Å². The maximum atomic E-state index is 11.4. The highest BCUT2D eigenvalue weighted by Gasteiger charge is 2.11. The number of benzene rings is 1. The van der Waals surface area contributed by atoms with Crippen molar-refractivity contribution in [2.24, 2.45) is 0 Å². The van der Waals surface area contributed by atoms with Gasteiger partial charge in [0.15, 0.2) is 17.6 Å². The lowest BCUT2D eigenvalue weighted by Gasteiger charge is -2.03. The Morgan fingerprint density at radius 1 is 1.56 bits per heavy atom. The molecular formula is C13H12N2O3. The number of esters is 1. The second-order valence-corrected chi connectivity index (χ2v) is 3.84. The molecule has 0 aliphatic rings. The molecule has 92 valence electrons. The number of aryl methyl sites for hydroxylation is 1. The van der Waals surface area contributed by atoms with E-state index in [-0.39, 0.29) is 6.42 Å². The van der Waals surface area contributed by atoms with Gasteiger partial charge >= 0.3 is 5.97 Å². The summed E-state index contributed by atoms with van der Waals surface area (Å²) < 4.78 is 10.3. The molecule has 0 N–H and O–H groups in total. The van der Waals surface area contributed by atoms with E-state index in [1.54, 1.807) is 0 Å². The molecule has 5 heteroatoms. The number of ether oxygens (including phenoxy) is 1. The van der Waals surface area contributed by atoms with Crippen LogP contribution in [0.1, 0.15) is 19.2 Å². The molecule has 0 saturated carbocycles. The molecule has 0 unspecified atom stereocenters. The van der Waals surface area contributed by atoms with E-state index in [0.717, 1.165) is 5.52 Å². The van der Waals surface area contributed by atoms with Crippen LogP contribution in [0, 0.1) is 11.3 Å². The van der Waals surface area contributed by atoms with Crippen LogP contribution in [0.5, 0.6) is 0 Å². The van der Waals surface area contributed by atoms with Crippen molar-refractivity contribution < 1.29 is 13.9 Å². The molecule has 1 atom stereocenters. The average molecular weight is 244 g/mol. The second-order valence-electron chi connectivity index (χ2n) is 3.84. The highest BCUT2D eigenvalue weighted by molar-refractivity contribution is 5.73. The van der Waals surface area contributed by atoms with Crippen LogP contribution < -0.4 is 0 Å². The number of aromatic nitrogens is 1. The third kappa shape index (κ3) is 2.86. The molecule has 2 aromatic rings. The third-order valence-electron chi connectivity index (χ3n) is 2.37. The predicted octanol–water partition coefficient (Wildman–Crippen LogP) is 2.22. The number of carbonyl (C=O) groups is 1. The Bertz CT molecular complexity index is 565. The van der Waals surface area contributed by atoms with Gasteiger partial charge in [-0.3, -0.25) is 4.79 Å². The van der Waals surface area contributed by atoms with Gasteiger partial charge in [-0.15, -0.1) is 0 Å². The van der Waals surface area contributed by atoms with Crippen LogP contribution in [0.3, 0.4) is 0 Å². The molecule has 0 aliphatic carbocycles. The monoisotopic (exact) mass is 244 g/mol. The van der Waals surface area contributed by atoms with E-state index >= 15 is 0 Å². The van der Waals surface area contributed by atoms with Crippen molar-refractivity contribution in [3.63, 3.8) is 0 Å². The second kappa shape index (κ2) is 5.32. The zero-order valence-corrected chi connectivity index (χ0v) is 9.92. The first kappa shape index (κ1) is 12.1. The minimum Gasteiger partial charge on any atom is -0.447 e. The number of hydrogen-bond acceptors (Lipinski definition) is 5. The molecule has 0 fully saturated rings. The maximum absolute atomic E-state index is 11.4. The summed E-state index contributed by atoms with van der Waals surface area (Å²) in [7, 11) is 0. The van der Waals surface area contributed by atoms with Gasteiger partial charge in [0.2, 0.25) is 0 Å². The Labute approximate surface area is 104 Å². The summed E-state index contributed by atoms with van der Waals surface area (Å²) in [6, 6.07) is 9.23. The van der Waals surface area contributed by atoms with Crippen molar-refractivity contribution in [1.29, 1.82) is 5.26 Å². The fourth-order valence-electron chi connectivity index (χ4n) is 1.52. The molecule has 5 nitrogen and oxygen atoms in total. The number of carbonyl (C=O) groups excluding carboxylic acids is 1. The van der Waals surface area contributed by atoms with Crippen molar-refractivity contribution >= 4 is 17.1 Å². The number of rotatable bonds is 4. The first-order valence-corrected chi connectivity index (χ1v) is 5.62. The molecular weight excluding hydrogens is 232 g/mol. The lowest BCUT2D eigenvalue weighted by atomic mass is 10.3. The van der Waals surface area contributed by atoms with Crippen LogP contribution >= 0.6 is 0 Å². The topological polar surface area (TPSA) is 76.1 Å². The van der Waals surface area contributed by atoms with Gasteiger partial charge in [-0.2, -0.15) is 5.26 Å². The molecule has 0 aliphatic heterocycles. The first-order valence-electron chi connectivity index (χ1n) is 5.62. The molecule has 0 saturated heterocycles. The van der Waals surface area contributed by atoms with E-state index in [2.05, 4.69) is 4.98 Å². The molecule has 0 spiro atoms. The van der Waals surface area contributed by atoms with E-state index in [1.807, 2.05) is 30.3 Å². The molecule has 1 aromatic carbocycles. The SMILES string of the molecule is C[C@H](C#N)OC(=O)CCc1nc2ccccc2o1. The molecule has 0 bridgehead atoms. The number of oxazole rings is 1. The number of fused-ring (bicyclic) bond motifs is 1. The van der Waals surface area contributed by atoms with Gasteiger partial charge in [-0.25, -0.2) is 4.98 Å². The smallest absolute Gasteiger partial charge is 0.307 e. The van der Waals surface area contributed by atoms with Crippen LogP contribution in [0.25, 0.3) is 11.1 Å². The van der Waals surface area contributed by atoms with Crippen molar-refractivity contribution in [1.82, 2.24) is 4.98 Å². The fraction of sp³-hybridized carbons (Fsp3) is 0.308. The largest absolute Gasteiger partial charge is 0.447 e. The van der Waals surface area contributed by atoms with Gasteiger partial charge in [0.05, 0.1) is 6.42 Å². The Balaban J connectivity index is 1.94. The predicted molar refractivity (Wildman–Crippen MR) is 63.5 cm³/mol. The lowest BCUT2D eigenvalue weighted by Crippen LogP contribution is -2.13. The Morgan fingerprint density at radius 2 is 2.33 bits per heavy atom. The Kier molecular flexibility index (Phi) is 3.58. The van der Waals surface area contributed by atoms with Gasteiger partial charge in [0.1, 0.15) is 11.6 Å². The molecule has 0 amide bonds. The number of nitrogens with zero attached hydrogens (tertiary/aromatic N) is 2. The number of hydrogen-bond donors (Lipinski definition) is 0. The molecule has 1 heterocycles. The zero-order chi connectivity index (χ0) is 13.0. The summed E-state index contributed by atoms with van der Waals surface area (Å²) in [6.07, 6.45) is -0.203. The highest BCUT2D eigenvalue weighted by Crippen LogP contribution is 2.15. The van der Waals surface area contributed by atoms with E-state index < -0.39 is 12.1 Å². The quantitative estimate of drug-likeness (QED) is 0.770. The number of para-hydroxylation sites is 2.